The van der Waals surface area contributed by atoms with Gasteiger partial charge in [-0.25, -0.2) is 0 Å². The van der Waals surface area contributed by atoms with Crippen LogP contribution in [0.15, 0.2) is 24.3 Å². The highest BCUT2D eigenvalue weighted by Crippen LogP contribution is 2.14. The van der Waals surface area contributed by atoms with Crippen molar-refractivity contribution in [3.05, 3.63) is 24.3 Å². The molecule has 1 aromatic rings. The predicted octanol–water partition coefficient (Wildman–Crippen LogP) is 0.814. The van der Waals surface area contributed by atoms with Crippen LogP contribution in [0.2, 0.25) is 0 Å². The first-order valence-corrected chi connectivity index (χ1v) is 8.08. The summed E-state index contributed by atoms with van der Waals surface area (Å²) in [6.07, 6.45) is 0. The fourth-order valence-corrected chi connectivity index (χ4v) is 2.48. The number of hydrogen-bond donors (Lipinski definition) is 1. The van der Waals surface area contributed by atoms with Crippen LogP contribution in [0.1, 0.15) is 6.92 Å². The lowest BCUT2D eigenvalue weighted by molar-refractivity contribution is -0.133. The third-order valence-electron chi connectivity index (χ3n) is 3.94. The van der Waals surface area contributed by atoms with Crippen LogP contribution < -0.4 is 10.1 Å². The third-order valence-corrected chi connectivity index (χ3v) is 3.94. The zero-order valence-corrected chi connectivity index (χ0v) is 14.3. The second-order valence-electron chi connectivity index (χ2n) is 5.67. The fourth-order valence-electron chi connectivity index (χ4n) is 2.48. The summed E-state index contributed by atoms with van der Waals surface area (Å²) in [6.45, 7) is 5.99. The summed E-state index contributed by atoms with van der Waals surface area (Å²) >= 11 is 0. The Balaban J connectivity index is 1.81. The van der Waals surface area contributed by atoms with Gasteiger partial charge in [-0.15, -0.1) is 0 Å². The van der Waals surface area contributed by atoms with Gasteiger partial charge in [0.1, 0.15) is 5.75 Å². The standard InChI is InChI=1S/C17H25N3O4/c1-14(21)20(8-7-19-9-11-24-12-10-19)13-17(22)18-15-3-5-16(23-2)6-4-15/h3-6H,7-13H2,1-2H3,(H,18,22). The van der Waals surface area contributed by atoms with Crippen LogP contribution in [0.25, 0.3) is 0 Å². The monoisotopic (exact) mass is 335 g/mol. The summed E-state index contributed by atoms with van der Waals surface area (Å²) in [5.74, 6) is 0.411. The van der Waals surface area contributed by atoms with Crippen LogP contribution in [0.4, 0.5) is 5.69 Å². The Hall–Kier alpha value is -2.12. The Morgan fingerprint density at radius 2 is 1.92 bits per heavy atom. The lowest BCUT2D eigenvalue weighted by atomic mass is 10.3. The zero-order chi connectivity index (χ0) is 17.4. The van der Waals surface area contributed by atoms with E-state index in [1.807, 2.05) is 0 Å². The Morgan fingerprint density at radius 3 is 2.50 bits per heavy atom. The quantitative estimate of drug-likeness (QED) is 0.799. The first-order valence-electron chi connectivity index (χ1n) is 8.08. The number of amides is 2. The van der Waals surface area contributed by atoms with E-state index in [-0.39, 0.29) is 18.4 Å². The highest BCUT2D eigenvalue weighted by molar-refractivity contribution is 5.94. The molecule has 0 atom stereocenters. The molecule has 2 amide bonds. The first kappa shape index (κ1) is 18.2. The van der Waals surface area contributed by atoms with Crippen LogP contribution in [-0.2, 0) is 14.3 Å². The van der Waals surface area contributed by atoms with Crippen LogP contribution >= 0.6 is 0 Å². The number of hydrogen-bond acceptors (Lipinski definition) is 5. The molecule has 7 nitrogen and oxygen atoms in total. The van der Waals surface area contributed by atoms with Gasteiger partial charge in [0.15, 0.2) is 0 Å². The van der Waals surface area contributed by atoms with Crippen molar-refractivity contribution in [1.82, 2.24) is 9.80 Å². The van der Waals surface area contributed by atoms with Gasteiger partial charge in [-0.2, -0.15) is 0 Å². The molecule has 0 saturated carbocycles. The topological polar surface area (TPSA) is 71.1 Å². The number of carbonyl (C=O) groups is 2. The second-order valence-corrected chi connectivity index (χ2v) is 5.67. The average molecular weight is 335 g/mol. The van der Waals surface area contributed by atoms with Gasteiger partial charge >= 0.3 is 0 Å². The van der Waals surface area contributed by atoms with Gasteiger partial charge in [0.05, 0.1) is 26.9 Å². The van der Waals surface area contributed by atoms with E-state index in [4.69, 9.17) is 9.47 Å². The maximum absolute atomic E-state index is 12.2. The zero-order valence-electron chi connectivity index (χ0n) is 14.3. The minimum Gasteiger partial charge on any atom is -0.497 e. The molecule has 132 valence electrons. The lowest BCUT2D eigenvalue weighted by Crippen LogP contribution is -2.44. The van der Waals surface area contributed by atoms with Crippen LogP contribution in [0.5, 0.6) is 5.75 Å². The summed E-state index contributed by atoms with van der Waals surface area (Å²) in [7, 11) is 1.59. The molecular weight excluding hydrogens is 310 g/mol. The molecule has 0 aliphatic carbocycles. The van der Waals surface area contributed by atoms with Crippen molar-refractivity contribution < 1.29 is 19.1 Å². The van der Waals surface area contributed by atoms with Gasteiger partial charge in [-0.05, 0) is 24.3 Å². The van der Waals surface area contributed by atoms with Gasteiger partial charge in [0.25, 0.3) is 0 Å². The molecule has 1 saturated heterocycles. The molecule has 0 unspecified atom stereocenters. The molecule has 0 radical (unpaired) electrons. The molecule has 1 fully saturated rings. The van der Waals surface area contributed by atoms with Gasteiger partial charge in [-0.1, -0.05) is 0 Å². The Morgan fingerprint density at radius 1 is 1.25 bits per heavy atom. The molecule has 0 aromatic heterocycles. The molecule has 0 spiro atoms. The van der Waals surface area contributed by atoms with Crippen molar-refractivity contribution in [3.63, 3.8) is 0 Å². The summed E-state index contributed by atoms with van der Waals surface area (Å²) < 4.78 is 10.4. The number of nitrogens with zero attached hydrogens (tertiary/aromatic N) is 2. The highest BCUT2D eigenvalue weighted by Gasteiger charge is 2.16. The second kappa shape index (κ2) is 9.24. The molecule has 7 heteroatoms. The minimum atomic E-state index is -0.211. The van der Waals surface area contributed by atoms with E-state index in [9.17, 15) is 9.59 Å². The molecular formula is C17H25N3O4. The number of methoxy groups -OCH3 is 1. The normalized spacial score (nSPS) is 14.9. The number of benzene rings is 1. The molecule has 1 aromatic carbocycles. The number of anilines is 1. The summed E-state index contributed by atoms with van der Waals surface area (Å²) in [6, 6.07) is 7.08. The van der Waals surface area contributed by atoms with E-state index in [1.54, 1.807) is 36.3 Å². The van der Waals surface area contributed by atoms with Crippen LogP contribution in [0, 0.1) is 0 Å². The highest BCUT2D eigenvalue weighted by atomic mass is 16.5. The van der Waals surface area contributed by atoms with Crippen molar-refractivity contribution >= 4 is 17.5 Å². The number of carbonyl (C=O) groups excluding carboxylic acids is 2. The summed E-state index contributed by atoms with van der Waals surface area (Å²) in [5.41, 5.74) is 0.678. The van der Waals surface area contributed by atoms with E-state index in [0.29, 0.717) is 12.2 Å². The lowest BCUT2D eigenvalue weighted by Gasteiger charge is -2.29. The molecule has 2 rings (SSSR count). The van der Waals surface area contributed by atoms with Crippen molar-refractivity contribution in [1.29, 1.82) is 0 Å². The summed E-state index contributed by atoms with van der Waals surface area (Å²) in [5, 5.41) is 2.79. The molecule has 1 N–H and O–H groups in total. The largest absolute Gasteiger partial charge is 0.497 e. The summed E-state index contributed by atoms with van der Waals surface area (Å²) in [4.78, 5) is 27.7. The van der Waals surface area contributed by atoms with Gasteiger partial charge in [-0.3, -0.25) is 14.5 Å². The van der Waals surface area contributed by atoms with Crippen molar-refractivity contribution in [2.45, 2.75) is 6.92 Å². The third kappa shape index (κ3) is 5.82. The van der Waals surface area contributed by atoms with Crippen molar-refractivity contribution in [3.8, 4) is 5.75 Å². The van der Waals surface area contributed by atoms with Gasteiger partial charge < -0.3 is 19.7 Å². The van der Waals surface area contributed by atoms with Crippen LogP contribution in [-0.4, -0.2) is 74.7 Å². The fraction of sp³-hybridized carbons (Fsp3) is 0.529. The average Bonchev–Trinajstić information content (AvgIpc) is 2.60. The van der Waals surface area contributed by atoms with Crippen LogP contribution in [0.3, 0.4) is 0 Å². The molecule has 0 bridgehead atoms. The minimum absolute atomic E-state index is 0.0473. The molecule has 1 aliphatic rings. The number of morpholine rings is 1. The SMILES string of the molecule is COc1ccc(NC(=O)CN(CCN2CCOCC2)C(C)=O)cc1. The Bertz CT molecular complexity index is 541. The van der Waals surface area contributed by atoms with E-state index < -0.39 is 0 Å². The Kier molecular flexibility index (Phi) is 7.02. The van der Waals surface area contributed by atoms with Crippen molar-refractivity contribution in [2.24, 2.45) is 0 Å². The van der Waals surface area contributed by atoms with E-state index in [2.05, 4.69) is 10.2 Å². The maximum Gasteiger partial charge on any atom is 0.243 e. The maximum atomic E-state index is 12.2. The molecule has 1 aliphatic heterocycles. The van der Waals surface area contributed by atoms with Gasteiger partial charge in [0.2, 0.25) is 11.8 Å². The number of rotatable bonds is 7. The predicted molar refractivity (Wildman–Crippen MR) is 91.1 cm³/mol. The molecule has 1 heterocycles. The number of nitrogens with one attached hydrogen (secondary N) is 1. The molecule has 24 heavy (non-hydrogen) atoms. The van der Waals surface area contributed by atoms with E-state index in [1.165, 1.54) is 6.92 Å². The van der Waals surface area contributed by atoms with Gasteiger partial charge in [0, 0.05) is 38.8 Å². The van der Waals surface area contributed by atoms with E-state index in [0.717, 1.165) is 38.6 Å². The van der Waals surface area contributed by atoms with E-state index >= 15 is 0 Å². The Labute approximate surface area is 142 Å². The number of ether oxygens (including phenoxy) is 2. The first-order chi connectivity index (χ1) is 11.6. The van der Waals surface area contributed by atoms with Crippen molar-refractivity contribution in [2.75, 3.05) is 58.4 Å². The smallest absolute Gasteiger partial charge is 0.243 e.